The van der Waals surface area contributed by atoms with E-state index in [-0.39, 0.29) is 11.3 Å². The third-order valence-corrected chi connectivity index (χ3v) is 2.96. The van der Waals surface area contributed by atoms with E-state index in [1.807, 2.05) is 0 Å². The van der Waals surface area contributed by atoms with Crippen LogP contribution in [0.1, 0.15) is 10.4 Å². The molecule has 0 aliphatic carbocycles. The molecule has 9 nitrogen and oxygen atoms in total. The van der Waals surface area contributed by atoms with Crippen LogP contribution in [0.15, 0.2) is 42.5 Å². The minimum Gasteiger partial charge on any atom is -0.416 e. The van der Waals surface area contributed by atoms with Gasteiger partial charge in [0.05, 0.1) is 21.5 Å². The summed E-state index contributed by atoms with van der Waals surface area (Å²) in [7, 11) is 1.72. The molecule has 0 unspecified atom stereocenters. The number of esters is 1. The molecule has 0 aromatic heterocycles. The zero-order valence-electron chi connectivity index (χ0n) is 11.9. The maximum atomic E-state index is 12.0. The fourth-order valence-corrected chi connectivity index (χ4v) is 1.78. The lowest BCUT2D eigenvalue weighted by atomic mass is 10.2. The van der Waals surface area contributed by atoms with Crippen molar-refractivity contribution in [2.24, 2.45) is 0 Å². The molecule has 1 N–H and O–H groups in total. The lowest BCUT2D eigenvalue weighted by molar-refractivity contribution is -0.394. The second-order valence-corrected chi connectivity index (χ2v) is 4.38. The standard InChI is InChI=1S/C14H11N3O6/c1-15-10-4-2-9(3-5-10)14(18)23-13-7-6-11(16(19)20)8-12(13)17(21)22/h2-8,15H,1H3. The third-order valence-electron chi connectivity index (χ3n) is 2.96. The van der Waals surface area contributed by atoms with Crippen LogP contribution in [-0.2, 0) is 0 Å². The molecule has 0 spiro atoms. The molecule has 2 aromatic rings. The van der Waals surface area contributed by atoms with Crippen LogP contribution in [0.3, 0.4) is 0 Å². The van der Waals surface area contributed by atoms with E-state index in [4.69, 9.17) is 4.74 Å². The predicted molar refractivity (Wildman–Crippen MR) is 80.7 cm³/mol. The first kappa shape index (κ1) is 15.9. The molecule has 118 valence electrons. The van der Waals surface area contributed by atoms with Gasteiger partial charge in [-0.2, -0.15) is 0 Å². The van der Waals surface area contributed by atoms with Crippen molar-refractivity contribution >= 4 is 23.0 Å². The average Bonchev–Trinajstić information content (AvgIpc) is 2.54. The average molecular weight is 317 g/mol. The Bertz CT molecular complexity index is 773. The van der Waals surface area contributed by atoms with Crippen molar-refractivity contribution < 1.29 is 19.4 Å². The van der Waals surface area contributed by atoms with Crippen LogP contribution in [0.2, 0.25) is 0 Å². The van der Waals surface area contributed by atoms with Gasteiger partial charge in [0, 0.05) is 18.8 Å². The van der Waals surface area contributed by atoms with Crippen molar-refractivity contribution in [3.8, 4) is 5.75 Å². The first-order chi connectivity index (χ1) is 10.9. The number of nitrogens with one attached hydrogen (secondary N) is 1. The second-order valence-electron chi connectivity index (χ2n) is 4.38. The molecule has 0 saturated carbocycles. The molecule has 0 amide bonds. The molecule has 0 atom stereocenters. The molecule has 23 heavy (non-hydrogen) atoms. The molecule has 2 rings (SSSR count). The highest BCUT2D eigenvalue weighted by Crippen LogP contribution is 2.31. The Morgan fingerprint density at radius 2 is 1.70 bits per heavy atom. The number of ether oxygens (including phenoxy) is 1. The fourth-order valence-electron chi connectivity index (χ4n) is 1.78. The van der Waals surface area contributed by atoms with Gasteiger partial charge < -0.3 is 10.1 Å². The van der Waals surface area contributed by atoms with Crippen molar-refractivity contribution in [1.82, 2.24) is 0 Å². The van der Waals surface area contributed by atoms with Gasteiger partial charge in [0.2, 0.25) is 5.75 Å². The molecule has 0 saturated heterocycles. The van der Waals surface area contributed by atoms with E-state index in [0.717, 1.165) is 23.9 Å². The fraction of sp³-hybridized carbons (Fsp3) is 0.0714. The maximum Gasteiger partial charge on any atom is 0.343 e. The van der Waals surface area contributed by atoms with Gasteiger partial charge in [-0.05, 0) is 30.3 Å². The van der Waals surface area contributed by atoms with Crippen LogP contribution in [-0.4, -0.2) is 22.9 Å². The number of nitrogens with zero attached hydrogens (tertiary/aromatic N) is 2. The number of nitro groups is 2. The predicted octanol–water partition coefficient (Wildman–Crippen LogP) is 2.76. The monoisotopic (exact) mass is 317 g/mol. The number of hydrogen-bond donors (Lipinski definition) is 1. The summed E-state index contributed by atoms with van der Waals surface area (Å²) in [5, 5.41) is 24.5. The number of carbonyl (C=O) groups is 1. The summed E-state index contributed by atoms with van der Waals surface area (Å²) in [6.07, 6.45) is 0. The molecule has 0 aliphatic rings. The van der Waals surface area contributed by atoms with E-state index in [1.54, 1.807) is 19.2 Å². The summed E-state index contributed by atoms with van der Waals surface area (Å²) >= 11 is 0. The molecular formula is C14H11N3O6. The Labute approximate surface area is 129 Å². The summed E-state index contributed by atoms with van der Waals surface area (Å²) in [4.78, 5) is 32.0. The Morgan fingerprint density at radius 3 is 2.22 bits per heavy atom. The largest absolute Gasteiger partial charge is 0.416 e. The Hall–Kier alpha value is -3.49. The normalized spacial score (nSPS) is 9.96. The van der Waals surface area contributed by atoms with Gasteiger partial charge in [0.1, 0.15) is 0 Å². The minimum atomic E-state index is -0.848. The maximum absolute atomic E-state index is 12.0. The van der Waals surface area contributed by atoms with Crippen LogP contribution in [0.5, 0.6) is 5.75 Å². The van der Waals surface area contributed by atoms with Crippen molar-refractivity contribution in [2.75, 3.05) is 12.4 Å². The molecule has 9 heteroatoms. The smallest absolute Gasteiger partial charge is 0.343 e. The Morgan fingerprint density at radius 1 is 1.04 bits per heavy atom. The molecule has 0 fully saturated rings. The quantitative estimate of drug-likeness (QED) is 0.389. The summed E-state index contributed by atoms with van der Waals surface area (Å²) in [5.41, 5.74) is -0.145. The number of nitro benzene ring substituents is 2. The molecule has 0 radical (unpaired) electrons. The summed E-state index contributed by atoms with van der Waals surface area (Å²) < 4.78 is 4.98. The van der Waals surface area contributed by atoms with Gasteiger partial charge in [0.15, 0.2) is 0 Å². The Kier molecular flexibility index (Phi) is 4.50. The highest BCUT2D eigenvalue weighted by atomic mass is 16.6. The van der Waals surface area contributed by atoms with Gasteiger partial charge in [-0.1, -0.05) is 0 Å². The van der Waals surface area contributed by atoms with E-state index in [0.29, 0.717) is 0 Å². The van der Waals surface area contributed by atoms with Crippen molar-refractivity contribution in [3.05, 3.63) is 68.3 Å². The number of non-ortho nitro benzene ring substituents is 1. The minimum absolute atomic E-state index is 0.191. The van der Waals surface area contributed by atoms with E-state index >= 15 is 0 Å². The summed E-state index contributed by atoms with van der Waals surface area (Å²) in [5.74, 6) is -1.16. The molecule has 0 aliphatic heterocycles. The third kappa shape index (κ3) is 3.59. The highest BCUT2D eigenvalue weighted by Gasteiger charge is 2.23. The van der Waals surface area contributed by atoms with Crippen molar-refractivity contribution in [1.29, 1.82) is 0 Å². The lowest BCUT2D eigenvalue weighted by Gasteiger charge is -2.06. The van der Waals surface area contributed by atoms with Gasteiger partial charge in [-0.15, -0.1) is 0 Å². The van der Waals surface area contributed by atoms with Gasteiger partial charge >= 0.3 is 11.7 Å². The van der Waals surface area contributed by atoms with Crippen molar-refractivity contribution in [2.45, 2.75) is 0 Å². The van der Waals surface area contributed by atoms with Crippen LogP contribution in [0.25, 0.3) is 0 Å². The second kappa shape index (κ2) is 6.52. The molecule has 2 aromatic carbocycles. The summed E-state index contributed by atoms with van der Waals surface area (Å²) in [6, 6.07) is 9.06. The van der Waals surface area contributed by atoms with Gasteiger partial charge in [0.25, 0.3) is 5.69 Å². The number of hydrogen-bond acceptors (Lipinski definition) is 7. The number of anilines is 1. The van der Waals surface area contributed by atoms with Gasteiger partial charge in [-0.3, -0.25) is 20.2 Å². The first-order valence-electron chi connectivity index (χ1n) is 6.35. The van der Waals surface area contributed by atoms with Crippen LogP contribution in [0, 0.1) is 20.2 Å². The number of benzene rings is 2. The van der Waals surface area contributed by atoms with Gasteiger partial charge in [-0.25, -0.2) is 4.79 Å². The lowest BCUT2D eigenvalue weighted by Crippen LogP contribution is -2.10. The van der Waals surface area contributed by atoms with Crippen LogP contribution in [0.4, 0.5) is 17.1 Å². The first-order valence-corrected chi connectivity index (χ1v) is 6.35. The van der Waals surface area contributed by atoms with Crippen LogP contribution < -0.4 is 10.1 Å². The van der Waals surface area contributed by atoms with E-state index in [9.17, 15) is 25.0 Å². The number of carbonyl (C=O) groups excluding carboxylic acids is 1. The SMILES string of the molecule is CNc1ccc(C(=O)Oc2ccc([N+](=O)[O-])cc2[N+](=O)[O-])cc1. The number of rotatable bonds is 5. The van der Waals surface area contributed by atoms with E-state index < -0.39 is 27.2 Å². The summed E-state index contributed by atoms with van der Waals surface area (Å²) in [6.45, 7) is 0. The topological polar surface area (TPSA) is 125 Å². The zero-order chi connectivity index (χ0) is 17.0. The van der Waals surface area contributed by atoms with Crippen molar-refractivity contribution in [3.63, 3.8) is 0 Å². The molecule has 0 heterocycles. The van der Waals surface area contributed by atoms with Crippen LogP contribution >= 0.6 is 0 Å². The van der Waals surface area contributed by atoms with E-state index in [2.05, 4.69) is 5.32 Å². The zero-order valence-corrected chi connectivity index (χ0v) is 11.9. The molecule has 0 bridgehead atoms. The molecular weight excluding hydrogens is 306 g/mol. The van der Waals surface area contributed by atoms with E-state index in [1.165, 1.54) is 12.1 Å². The Balaban J connectivity index is 2.29. The highest BCUT2D eigenvalue weighted by molar-refractivity contribution is 5.92.